The van der Waals surface area contributed by atoms with Crippen LogP contribution in [0, 0.1) is 6.92 Å². The minimum atomic E-state index is 0.0172. The van der Waals surface area contributed by atoms with Gasteiger partial charge in [-0.15, -0.1) is 0 Å². The first-order chi connectivity index (χ1) is 15.2. The highest BCUT2D eigenvalue weighted by molar-refractivity contribution is 5.77. The quantitative estimate of drug-likeness (QED) is 0.584. The fourth-order valence-electron chi connectivity index (χ4n) is 3.48. The zero-order valence-electron chi connectivity index (χ0n) is 17.7. The van der Waals surface area contributed by atoms with Gasteiger partial charge in [0.15, 0.2) is 6.61 Å². The average molecular weight is 418 g/mol. The Kier molecular flexibility index (Phi) is 6.79. The number of aryl methyl sites for hydroxylation is 1. The van der Waals surface area contributed by atoms with Crippen LogP contribution in [0.3, 0.4) is 0 Å². The van der Waals surface area contributed by atoms with E-state index in [1.807, 2.05) is 84.9 Å². The molecule has 0 aliphatic carbocycles. The fraction of sp³-hybridized carbons (Fsp3) is 0.280. The Balaban J connectivity index is 1.20. The monoisotopic (exact) mass is 417 g/mol. The molecule has 0 spiro atoms. The normalized spacial score (nSPS) is 14.3. The van der Waals surface area contributed by atoms with Crippen LogP contribution in [0.2, 0.25) is 0 Å². The second-order valence-electron chi connectivity index (χ2n) is 7.69. The Morgan fingerprint density at radius 2 is 1.42 bits per heavy atom. The van der Waals surface area contributed by atoms with Crippen molar-refractivity contribution in [1.82, 2.24) is 14.8 Å². The number of pyridine rings is 1. The lowest BCUT2D eigenvalue weighted by atomic mass is 10.2. The summed E-state index contributed by atoms with van der Waals surface area (Å²) >= 11 is 0. The standard InChI is InChI=1S/C25H27N3O3/c1-20-2-4-23(5-3-20)31-24-8-6-22(7-9-24)30-19-25(29)28-16-14-27(15-17-28)18-21-10-12-26-13-11-21/h2-13H,14-19H2,1H3. The van der Waals surface area contributed by atoms with Crippen LogP contribution in [0.25, 0.3) is 0 Å². The van der Waals surface area contributed by atoms with Crippen LogP contribution in [-0.4, -0.2) is 53.5 Å². The Bertz CT molecular complexity index is 967. The maximum atomic E-state index is 12.5. The highest BCUT2D eigenvalue weighted by Crippen LogP contribution is 2.24. The van der Waals surface area contributed by atoms with E-state index < -0.39 is 0 Å². The van der Waals surface area contributed by atoms with Crippen molar-refractivity contribution in [3.05, 3.63) is 84.2 Å². The maximum Gasteiger partial charge on any atom is 0.260 e. The Hall–Kier alpha value is -3.38. The van der Waals surface area contributed by atoms with Crippen molar-refractivity contribution in [1.29, 1.82) is 0 Å². The summed E-state index contributed by atoms with van der Waals surface area (Å²) in [5.74, 6) is 2.19. The van der Waals surface area contributed by atoms with Gasteiger partial charge in [0, 0.05) is 45.1 Å². The van der Waals surface area contributed by atoms with Crippen molar-refractivity contribution in [2.24, 2.45) is 0 Å². The molecule has 1 aliphatic rings. The first kappa shape index (κ1) is 20.9. The predicted molar refractivity (Wildman–Crippen MR) is 119 cm³/mol. The van der Waals surface area contributed by atoms with Crippen molar-refractivity contribution in [3.8, 4) is 17.2 Å². The highest BCUT2D eigenvalue weighted by atomic mass is 16.5. The number of nitrogens with zero attached hydrogens (tertiary/aromatic N) is 3. The number of hydrogen-bond acceptors (Lipinski definition) is 5. The third-order valence-corrected chi connectivity index (χ3v) is 5.32. The predicted octanol–water partition coefficient (Wildman–Crippen LogP) is 3.91. The third-order valence-electron chi connectivity index (χ3n) is 5.32. The zero-order chi connectivity index (χ0) is 21.5. The summed E-state index contributed by atoms with van der Waals surface area (Å²) in [5, 5.41) is 0. The summed E-state index contributed by atoms with van der Waals surface area (Å²) in [6.45, 7) is 6.13. The van der Waals surface area contributed by atoms with Crippen molar-refractivity contribution < 1.29 is 14.3 Å². The van der Waals surface area contributed by atoms with Gasteiger partial charge in [-0.2, -0.15) is 0 Å². The summed E-state index contributed by atoms with van der Waals surface area (Å²) < 4.78 is 11.5. The molecular weight excluding hydrogens is 390 g/mol. The first-order valence-corrected chi connectivity index (χ1v) is 10.5. The minimum absolute atomic E-state index is 0.0172. The van der Waals surface area contributed by atoms with Gasteiger partial charge in [0.25, 0.3) is 5.91 Å². The molecule has 1 saturated heterocycles. The van der Waals surface area contributed by atoms with Crippen LogP contribution in [0.15, 0.2) is 73.1 Å². The summed E-state index contributed by atoms with van der Waals surface area (Å²) in [4.78, 5) is 20.8. The maximum absolute atomic E-state index is 12.5. The highest BCUT2D eigenvalue weighted by Gasteiger charge is 2.21. The zero-order valence-corrected chi connectivity index (χ0v) is 17.7. The van der Waals surface area contributed by atoms with Crippen LogP contribution < -0.4 is 9.47 Å². The van der Waals surface area contributed by atoms with Crippen molar-refractivity contribution in [3.63, 3.8) is 0 Å². The molecule has 0 bridgehead atoms. The molecule has 6 heteroatoms. The van der Waals surface area contributed by atoms with Crippen LogP contribution in [0.5, 0.6) is 17.2 Å². The largest absolute Gasteiger partial charge is 0.484 e. The van der Waals surface area contributed by atoms with Crippen LogP contribution in [0.4, 0.5) is 0 Å². The lowest BCUT2D eigenvalue weighted by molar-refractivity contribution is -0.135. The Labute approximate surface area is 183 Å². The van der Waals surface area contributed by atoms with Gasteiger partial charge in [-0.3, -0.25) is 14.7 Å². The Morgan fingerprint density at radius 1 is 0.839 bits per heavy atom. The number of hydrogen-bond donors (Lipinski definition) is 0. The van der Waals surface area contributed by atoms with Crippen LogP contribution in [-0.2, 0) is 11.3 Å². The number of aromatic nitrogens is 1. The SMILES string of the molecule is Cc1ccc(Oc2ccc(OCC(=O)N3CCN(Cc4ccncc4)CC3)cc2)cc1. The second kappa shape index (κ2) is 10.1. The molecule has 3 aromatic rings. The third kappa shape index (κ3) is 6.06. The van der Waals surface area contributed by atoms with Gasteiger partial charge >= 0.3 is 0 Å². The molecule has 1 aromatic heterocycles. The van der Waals surface area contributed by atoms with Gasteiger partial charge in [-0.1, -0.05) is 17.7 Å². The molecule has 0 N–H and O–H groups in total. The second-order valence-corrected chi connectivity index (χ2v) is 7.69. The summed E-state index contributed by atoms with van der Waals surface area (Å²) in [5.41, 5.74) is 2.43. The van der Waals surface area contributed by atoms with Crippen LogP contribution in [0.1, 0.15) is 11.1 Å². The van der Waals surface area contributed by atoms with E-state index in [1.54, 1.807) is 0 Å². The number of benzene rings is 2. The number of rotatable bonds is 7. The fourth-order valence-corrected chi connectivity index (χ4v) is 3.48. The summed E-state index contributed by atoms with van der Waals surface area (Å²) in [6, 6.07) is 19.3. The first-order valence-electron chi connectivity index (χ1n) is 10.5. The van der Waals surface area contributed by atoms with E-state index in [1.165, 1.54) is 11.1 Å². The van der Waals surface area contributed by atoms with E-state index in [9.17, 15) is 4.79 Å². The van der Waals surface area contributed by atoms with Gasteiger partial charge in [0.05, 0.1) is 0 Å². The lowest BCUT2D eigenvalue weighted by Crippen LogP contribution is -2.49. The van der Waals surface area contributed by atoms with Gasteiger partial charge in [-0.25, -0.2) is 0 Å². The van der Waals surface area contributed by atoms with Gasteiger partial charge in [0.1, 0.15) is 17.2 Å². The molecule has 4 rings (SSSR count). The van der Waals surface area contributed by atoms with E-state index in [-0.39, 0.29) is 12.5 Å². The molecule has 0 saturated carbocycles. The molecule has 2 aromatic carbocycles. The van der Waals surface area contributed by atoms with Crippen LogP contribution >= 0.6 is 0 Å². The molecule has 0 atom stereocenters. The van der Waals surface area contributed by atoms with E-state index in [4.69, 9.17) is 9.47 Å². The number of ether oxygens (including phenoxy) is 2. The minimum Gasteiger partial charge on any atom is -0.484 e. The van der Waals surface area contributed by atoms with Gasteiger partial charge < -0.3 is 14.4 Å². The molecule has 1 fully saturated rings. The molecule has 160 valence electrons. The Morgan fingerprint density at radius 3 is 2.06 bits per heavy atom. The van der Waals surface area contributed by atoms with Crippen molar-refractivity contribution in [2.75, 3.05) is 32.8 Å². The number of carbonyl (C=O) groups is 1. The molecule has 6 nitrogen and oxygen atoms in total. The molecule has 2 heterocycles. The molecule has 0 unspecified atom stereocenters. The molecule has 31 heavy (non-hydrogen) atoms. The summed E-state index contributed by atoms with van der Waals surface area (Å²) in [6.07, 6.45) is 3.63. The average Bonchev–Trinajstić information content (AvgIpc) is 2.81. The van der Waals surface area contributed by atoms with E-state index in [0.717, 1.165) is 44.2 Å². The van der Waals surface area contributed by atoms with E-state index in [0.29, 0.717) is 5.75 Å². The molecule has 1 aliphatic heterocycles. The van der Waals surface area contributed by atoms with Crippen molar-refractivity contribution >= 4 is 5.91 Å². The number of amides is 1. The summed E-state index contributed by atoms with van der Waals surface area (Å²) in [7, 11) is 0. The van der Waals surface area contributed by atoms with Gasteiger partial charge in [0.2, 0.25) is 0 Å². The molecule has 1 amide bonds. The number of carbonyl (C=O) groups excluding carboxylic acids is 1. The van der Waals surface area contributed by atoms with Crippen molar-refractivity contribution in [2.45, 2.75) is 13.5 Å². The lowest BCUT2D eigenvalue weighted by Gasteiger charge is -2.34. The smallest absolute Gasteiger partial charge is 0.260 e. The molecular formula is C25H27N3O3. The molecule has 0 radical (unpaired) electrons. The topological polar surface area (TPSA) is 54.9 Å². The number of piperazine rings is 1. The van der Waals surface area contributed by atoms with Gasteiger partial charge in [-0.05, 0) is 61.0 Å². The van der Waals surface area contributed by atoms with E-state index in [2.05, 4.69) is 9.88 Å². The van der Waals surface area contributed by atoms with E-state index >= 15 is 0 Å².